The highest BCUT2D eigenvalue weighted by Gasteiger charge is 2.15. The molecule has 0 nitrogen and oxygen atoms in total. The van der Waals surface area contributed by atoms with Crippen molar-refractivity contribution in [2.75, 3.05) is 0 Å². The summed E-state index contributed by atoms with van der Waals surface area (Å²) in [7, 11) is 0. The SMILES string of the molecule is CCCCCCCCCc1c(CCCCCCCC)c2cc(Br)ccc2c2ccc(Br)cc12. The van der Waals surface area contributed by atoms with Crippen molar-refractivity contribution in [2.24, 2.45) is 0 Å². The fourth-order valence-electron chi connectivity index (χ4n) is 5.24. The molecule has 33 heavy (non-hydrogen) atoms. The number of hydrogen-bond donors (Lipinski definition) is 0. The molecule has 0 aliphatic heterocycles. The minimum atomic E-state index is 1.19. The molecule has 0 saturated carbocycles. The minimum absolute atomic E-state index is 1.19. The number of rotatable bonds is 15. The van der Waals surface area contributed by atoms with Gasteiger partial charge in [-0.2, -0.15) is 0 Å². The van der Waals surface area contributed by atoms with E-state index >= 15 is 0 Å². The molecule has 3 aromatic carbocycles. The third-order valence-electron chi connectivity index (χ3n) is 7.08. The van der Waals surface area contributed by atoms with Crippen LogP contribution in [0.4, 0.5) is 0 Å². The van der Waals surface area contributed by atoms with E-state index in [1.807, 2.05) is 0 Å². The Bertz CT molecular complexity index is 1000. The van der Waals surface area contributed by atoms with E-state index in [9.17, 15) is 0 Å². The Morgan fingerprint density at radius 1 is 0.455 bits per heavy atom. The van der Waals surface area contributed by atoms with E-state index in [-0.39, 0.29) is 0 Å². The summed E-state index contributed by atoms with van der Waals surface area (Å²) in [5.41, 5.74) is 3.22. The molecule has 180 valence electrons. The Kier molecular flexibility index (Phi) is 11.8. The lowest BCUT2D eigenvalue weighted by molar-refractivity contribution is 0.587. The first-order chi connectivity index (χ1) is 16.2. The van der Waals surface area contributed by atoms with Crippen LogP contribution in [0.25, 0.3) is 21.5 Å². The normalized spacial score (nSPS) is 11.6. The van der Waals surface area contributed by atoms with Crippen molar-refractivity contribution in [2.45, 2.75) is 110 Å². The van der Waals surface area contributed by atoms with Crippen LogP contribution in [0.2, 0.25) is 0 Å². The van der Waals surface area contributed by atoms with Gasteiger partial charge in [0, 0.05) is 8.95 Å². The number of hydrogen-bond acceptors (Lipinski definition) is 0. The number of fused-ring (bicyclic) bond motifs is 3. The first-order valence-electron chi connectivity index (χ1n) is 13.5. The average Bonchev–Trinajstić information content (AvgIpc) is 2.81. The fourth-order valence-corrected chi connectivity index (χ4v) is 5.96. The molecule has 0 aliphatic carbocycles. The molecule has 0 unspecified atom stereocenters. The fraction of sp³-hybridized carbons (Fsp3) is 0.548. The third-order valence-corrected chi connectivity index (χ3v) is 8.07. The second-order valence-corrected chi connectivity index (χ2v) is 11.6. The van der Waals surface area contributed by atoms with Gasteiger partial charge in [-0.3, -0.25) is 0 Å². The van der Waals surface area contributed by atoms with Gasteiger partial charge in [0.05, 0.1) is 0 Å². The van der Waals surface area contributed by atoms with Crippen LogP contribution in [0, 0.1) is 0 Å². The molecule has 0 aromatic heterocycles. The highest BCUT2D eigenvalue weighted by molar-refractivity contribution is 9.10. The Morgan fingerprint density at radius 3 is 1.21 bits per heavy atom. The van der Waals surface area contributed by atoms with Gasteiger partial charge in [-0.1, -0.05) is 128 Å². The van der Waals surface area contributed by atoms with Crippen molar-refractivity contribution in [1.29, 1.82) is 0 Å². The first kappa shape index (κ1) is 26.7. The highest BCUT2D eigenvalue weighted by Crippen LogP contribution is 2.37. The van der Waals surface area contributed by atoms with Gasteiger partial charge in [-0.05, 0) is 82.6 Å². The van der Waals surface area contributed by atoms with E-state index in [4.69, 9.17) is 0 Å². The summed E-state index contributed by atoms with van der Waals surface area (Å²) in [4.78, 5) is 0. The van der Waals surface area contributed by atoms with Gasteiger partial charge in [0.25, 0.3) is 0 Å². The van der Waals surface area contributed by atoms with Crippen molar-refractivity contribution in [3.05, 3.63) is 56.5 Å². The third kappa shape index (κ3) is 7.82. The molecule has 3 aromatic rings. The zero-order chi connectivity index (χ0) is 23.5. The van der Waals surface area contributed by atoms with Gasteiger partial charge in [0.1, 0.15) is 0 Å². The van der Waals surface area contributed by atoms with Gasteiger partial charge in [-0.15, -0.1) is 0 Å². The number of aryl methyl sites for hydroxylation is 2. The van der Waals surface area contributed by atoms with E-state index in [0.29, 0.717) is 0 Å². The quantitative estimate of drug-likeness (QED) is 0.125. The molecule has 0 fully saturated rings. The van der Waals surface area contributed by atoms with E-state index in [0.717, 1.165) is 0 Å². The maximum Gasteiger partial charge on any atom is 0.0181 e. The Balaban J connectivity index is 1.88. The van der Waals surface area contributed by atoms with Gasteiger partial charge < -0.3 is 0 Å². The molecule has 0 atom stereocenters. The van der Waals surface area contributed by atoms with Gasteiger partial charge in [0.15, 0.2) is 0 Å². The second kappa shape index (κ2) is 14.5. The van der Waals surface area contributed by atoms with E-state index < -0.39 is 0 Å². The second-order valence-electron chi connectivity index (χ2n) is 9.73. The summed E-state index contributed by atoms with van der Waals surface area (Å²) in [6.45, 7) is 4.60. The molecule has 0 saturated heterocycles. The number of benzene rings is 3. The molecular weight excluding hydrogens is 532 g/mol. The van der Waals surface area contributed by atoms with Crippen LogP contribution < -0.4 is 0 Å². The van der Waals surface area contributed by atoms with Gasteiger partial charge in [-0.25, -0.2) is 0 Å². The van der Waals surface area contributed by atoms with E-state index in [1.54, 1.807) is 11.1 Å². The lowest BCUT2D eigenvalue weighted by Crippen LogP contribution is -2.00. The summed E-state index contributed by atoms with van der Waals surface area (Å²) >= 11 is 7.53. The molecular formula is C31H42Br2. The largest absolute Gasteiger partial charge is 0.0654 e. The van der Waals surface area contributed by atoms with Crippen molar-refractivity contribution in [1.82, 2.24) is 0 Å². The van der Waals surface area contributed by atoms with Crippen LogP contribution in [0.1, 0.15) is 108 Å². The van der Waals surface area contributed by atoms with Crippen molar-refractivity contribution in [3.8, 4) is 0 Å². The predicted molar refractivity (Wildman–Crippen MR) is 156 cm³/mol. The number of halogens is 2. The Labute approximate surface area is 219 Å². The summed E-state index contributed by atoms with van der Waals surface area (Å²) in [5.74, 6) is 0. The van der Waals surface area contributed by atoms with Crippen LogP contribution in [0.3, 0.4) is 0 Å². The van der Waals surface area contributed by atoms with Crippen molar-refractivity contribution in [3.63, 3.8) is 0 Å². The molecule has 3 rings (SSSR count). The molecule has 2 heteroatoms. The smallest absolute Gasteiger partial charge is 0.0181 e. The molecule has 0 heterocycles. The number of unbranched alkanes of at least 4 members (excludes halogenated alkanes) is 11. The lowest BCUT2D eigenvalue weighted by atomic mass is 9.86. The van der Waals surface area contributed by atoms with E-state index in [1.165, 1.54) is 127 Å². The highest BCUT2D eigenvalue weighted by atomic mass is 79.9. The minimum Gasteiger partial charge on any atom is -0.0654 e. The molecule has 0 bridgehead atoms. The topological polar surface area (TPSA) is 0 Å². The van der Waals surface area contributed by atoms with Gasteiger partial charge >= 0.3 is 0 Å². The van der Waals surface area contributed by atoms with Crippen LogP contribution >= 0.6 is 31.9 Å². The van der Waals surface area contributed by atoms with Crippen LogP contribution in [-0.4, -0.2) is 0 Å². The molecule has 0 radical (unpaired) electrons. The standard InChI is InChI=1S/C31H42Br2/c1-3-5-7-9-11-13-15-17-27-26(16-14-12-10-8-6-4-2)30-22-24(32)18-20-28(30)29-21-19-25(33)23-31(27)29/h18-23H,3-17H2,1-2H3. The Morgan fingerprint density at radius 2 is 0.818 bits per heavy atom. The van der Waals surface area contributed by atoms with Crippen LogP contribution in [-0.2, 0) is 12.8 Å². The summed E-state index contributed by atoms with van der Waals surface area (Å²) in [6, 6.07) is 13.8. The summed E-state index contributed by atoms with van der Waals surface area (Å²) < 4.78 is 2.38. The van der Waals surface area contributed by atoms with Gasteiger partial charge in [0.2, 0.25) is 0 Å². The summed E-state index contributed by atoms with van der Waals surface area (Å²) in [5, 5.41) is 5.74. The zero-order valence-corrected chi connectivity index (χ0v) is 24.0. The maximum absolute atomic E-state index is 3.76. The van der Waals surface area contributed by atoms with Crippen LogP contribution in [0.5, 0.6) is 0 Å². The van der Waals surface area contributed by atoms with Crippen LogP contribution in [0.15, 0.2) is 45.3 Å². The predicted octanol–water partition coefficient (Wildman–Crippen LogP) is 11.7. The molecule has 0 N–H and O–H groups in total. The van der Waals surface area contributed by atoms with E-state index in [2.05, 4.69) is 82.1 Å². The monoisotopic (exact) mass is 572 g/mol. The van der Waals surface area contributed by atoms with Crippen molar-refractivity contribution < 1.29 is 0 Å². The molecule has 0 spiro atoms. The molecule has 0 aliphatic rings. The lowest BCUT2D eigenvalue weighted by Gasteiger charge is -2.19. The Hall–Kier alpha value is -0.860. The zero-order valence-electron chi connectivity index (χ0n) is 20.8. The maximum atomic E-state index is 3.76. The summed E-state index contributed by atoms with van der Waals surface area (Å²) in [6.07, 6.45) is 20.1. The average molecular weight is 574 g/mol. The van der Waals surface area contributed by atoms with Crippen molar-refractivity contribution >= 4 is 53.4 Å². The first-order valence-corrected chi connectivity index (χ1v) is 15.1. The molecule has 0 amide bonds.